The van der Waals surface area contributed by atoms with Gasteiger partial charge in [-0.15, -0.1) is 0 Å². The van der Waals surface area contributed by atoms with E-state index in [1.807, 2.05) is 128 Å². The Hall–Kier alpha value is -9.21. The van der Waals surface area contributed by atoms with Gasteiger partial charge in [0.15, 0.2) is 0 Å². The fourth-order valence-corrected chi connectivity index (χ4v) is 9.26. The quantitative estimate of drug-likeness (QED) is 0.133. The molecule has 19 nitrogen and oxygen atoms in total. The Morgan fingerprint density at radius 3 is 1.11 bits per heavy atom. The molecule has 0 radical (unpaired) electrons. The molecule has 10 heterocycles. The predicted molar refractivity (Wildman–Crippen MR) is 418 cm³/mol. The van der Waals surface area contributed by atoms with Gasteiger partial charge in [-0.25, -0.2) is 34.9 Å². The highest BCUT2D eigenvalue weighted by Gasteiger charge is 2.29. The molecule has 0 atom stereocenters. The van der Waals surface area contributed by atoms with Crippen molar-refractivity contribution in [3.05, 3.63) is 236 Å². The standard InChI is InChI=1S/2C9H14N2.C9H16N2.C8H14N2.C8H10.C7H9F3N2.C7H12N2.C7H9N.C6H10N2.2C6H8N2/c1-7-8(2)11(6-10-7)5-9-3-4-9;1-7-5-10-11(8(7)2)6-9-3-4-9;1-7(2)5-11-6-10-8(3)9(11)4;1-6(2)10-5-9-7(3)8(10)4;1-7-5-3-4-6-8(7)2;1-5-6(2)12(4-11-5)3-7(8,9)10;1-4-9-7(3)6(2)5-8-9;1-6-4-3-5-8-7(6)2;1-5-6(2)8(3)4-7-5;1-5-3-7-4-8-6(5)2;1-5-6(2)8-4-3-7-5/h6,9H,3-5H2,1-2H3;5,9H,3-4,6H2,1-2H3;6-7H,5H2,1-4H3;5-6H,1-4H3;3-6H,1-2H3;4H,3H2,1-2H3;5H,4H2,1-3H3;3-5H,1-2H3;4H,1-3H3;2*3-4H,1-2H3. The van der Waals surface area contributed by atoms with Gasteiger partial charge in [-0.2, -0.15) is 23.4 Å². The van der Waals surface area contributed by atoms with Crippen molar-refractivity contribution in [2.75, 3.05) is 0 Å². The van der Waals surface area contributed by atoms with Crippen LogP contribution >= 0.6 is 0 Å². The van der Waals surface area contributed by atoms with E-state index < -0.39 is 12.7 Å². The van der Waals surface area contributed by atoms with Gasteiger partial charge >= 0.3 is 6.18 Å². The van der Waals surface area contributed by atoms with Gasteiger partial charge in [-0.05, 0) is 256 Å². The zero-order valence-corrected chi connectivity index (χ0v) is 68.2. The van der Waals surface area contributed by atoms with Gasteiger partial charge in [0.05, 0.1) is 83.9 Å². The molecule has 0 amide bonds. The third-order valence-corrected chi connectivity index (χ3v) is 18.5. The average Bonchev–Trinajstić information content (AvgIpc) is 1.72. The average molecular weight is 1430 g/mol. The van der Waals surface area contributed by atoms with Crippen molar-refractivity contribution in [2.24, 2.45) is 24.8 Å². The number of nitrogens with zero attached hydrogens (tertiary/aromatic N) is 19. The van der Waals surface area contributed by atoms with E-state index in [2.05, 4.69) is 226 Å². The third kappa shape index (κ3) is 32.6. The molecule has 0 saturated heterocycles. The lowest BCUT2D eigenvalue weighted by atomic mass is 10.1. The molecule has 0 aliphatic heterocycles. The van der Waals surface area contributed by atoms with Crippen molar-refractivity contribution in [3.8, 4) is 0 Å². The van der Waals surface area contributed by atoms with Gasteiger partial charge in [0.2, 0.25) is 0 Å². The SMILES string of the molecule is CCn1ncc(C)c1C.Cc1ccccc1C.Cc1cccnc1C.Cc1cncnc1C.Cc1cnn(CC2CC2)c1C.Cc1nccnc1C.Cc1ncn(C(C)C)c1C.Cc1ncn(C)c1C.Cc1ncn(CC(C)C)c1C.Cc1ncn(CC(F)(F)F)c1C.Cc1ncn(CC2CC2)c1C. The Morgan fingerprint density at radius 2 is 0.817 bits per heavy atom. The van der Waals surface area contributed by atoms with Crippen molar-refractivity contribution < 1.29 is 13.2 Å². The maximum absolute atomic E-state index is 11.9. The van der Waals surface area contributed by atoms with Crippen LogP contribution in [0.4, 0.5) is 13.2 Å². The molecular formula is C82H124F3N19. The summed E-state index contributed by atoms with van der Waals surface area (Å²) >= 11 is 0. The molecule has 104 heavy (non-hydrogen) atoms. The van der Waals surface area contributed by atoms with Gasteiger partial charge in [-0.1, -0.05) is 44.2 Å². The van der Waals surface area contributed by atoms with Crippen molar-refractivity contribution in [2.45, 2.75) is 258 Å². The number of halogens is 3. The molecule has 2 fully saturated rings. The first-order valence-corrected chi connectivity index (χ1v) is 36.2. The molecule has 1 aromatic carbocycles. The summed E-state index contributed by atoms with van der Waals surface area (Å²) < 4.78 is 49.5. The van der Waals surface area contributed by atoms with Crippen LogP contribution in [-0.4, -0.2) is 98.4 Å². The fraction of sp³-hybridized carbons (Fsp3) is 0.512. The number of pyridine rings is 1. The molecule has 13 rings (SSSR count). The highest BCUT2D eigenvalue weighted by atomic mass is 19.4. The zero-order valence-electron chi connectivity index (χ0n) is 68.2. The van der Waals surface area contributed by atoms with Crippen LogP contribution in [-0.2, 0) is 39.8 Å². The van der Waals surface area contributed by atoms with Crippen LogP contribution < -0.4 is 0 Å². The minimum atomic E-state index is -4.17. The van der Waals surface area contributed by atoms with Crippen LogP contribution in [0.2, 0.25) is 0 Å². The van der Waals surface area contributed by atoms with E-state index in [0.29, 0.717) is 23.3 Å². The maximum Gasteiger partial charge on any atom is 0.406 e. The lowest BCUT2D eigenvalue weighted by Gasteiger charge is -2.08. The molecule has 0 spiro atoms. The minimum absolute atomic E-state index is 0.529. The second-order valence-corrected chi connectivity index (χ2v) is 27.8. The maximum atomic E-state index is 11.9. The molecule has 0 bridgehead atoms. The summed E-state index contributed by atoms with van der Waals surface area (Å²) in [6, 6.07) is 12.9. The second-order valence-electron chi connectivity index (χ2n) is 27.8. The Balaban J connectivity index is 0.000000298. The highest BCUT2D eigenvalue weighted by Crippen LogP contribution is 2.32. The van der Waals surface area contributed by atoms with Gasteiger partial charge in [-0.3, -0.25) is 24.3 Å². The Labute approximate surface area is 620 Å². The van der Waals surface area contributed by atoms with E-state index in [-0.39, 0.29) is 0 Å². The Morgan fingerprint density at radius 1 is 0.394 bits per heavy atom. The number of rotatable bonds is 9. The van der Waals surface area contributed by atoms with E-state index in [4.69, 9.17) is 0 Å². The second kappa shape index (κ2) is 44.4. The third-order valence-electron chi connectivity index (χ3n) is 18.5. The largest absolute Gasteiger partial charge is 0.406 e. The van der Waals surface area contributed by atoms with E-state index in [1.54, 1.807) is 32.6 Å². The van der Waals surface area contributed by atoms with Crippen LogP contribution in [0.1, 0.15) is 191 Å². The molecule has 10 aromatic heterocycles. The van der Waals surface area contributed by atoms with Gasteiger partial charge in [0.1, 0.15) is 12.9 Å². The summed E-state index contributed by atoms with van der Waals surface area (Å²) in [5.41, 5.74) is 25.4. The monoisotopic (exact) mass is 1430 g/mol. The van der Waals surface area contributed by atoms with Crippen molar-refractivity contribution in [1.82, 2.24) is 92.2 Å². The van der Waals surface area contributed by atoms with E-state index in [0.717, 1.165) is 81.5 Å². The van der Waals surface area contributed by atoms with E-state index in [9.17, 15) is 13.2 Å². The Bertz CT molecular complexity index is 3840. The number of aromatic nitrogens is 19. The van der Waals surface area contributed by atoms with E-state index in [1.165, 1.54) is 106 Å². The fourth-order valence-electron chi connectivity index (χ4n) is 9.26. The summed E-state index contributed by atoms with van der Waals surface area (Å²) in [6.45, 7) is 58.7. The van der Waals surface area contributed by atoms with Gasteiger partial charge in [0, 0.05) is 115 Å². The molecule has 568 valence electrons. The van der Waals surface area contributed by atoms with Crippen LogP contribution in [0, 0.1) is 170 Å². The zero-order chi connectivity index (χ0) is 78.1. The first kappa shape index (κ1) is 89.0. The summed E-state index contributed by atoms with van der Waals surface area (Å²) in [7, 11) is 2.00. The predicted octanol–water partition coefficient (Wildman–Crippen LogP) is 18.9. The molecule has 0 N–H and O–H groups in total. The van der Waals surface area contributed by atoms with Gasteiger partial charge < -0.3 is 22.8 Å². The first-order chi connectivity index (χ1) is 48.9. The Kier molecular flexibility index (Phi) is 38.0. The highest BCUT2D eigenvalue weighted by molar-refractivity contribution is 5.23. The number of alkyl halides is 3. The topological polar surface area (TPSA) is 189 Å². The smallest absolute Gasteiger partial charge is 0.338 e. The molecule has 0 unspecified atom stereocenters. The van der Waals surface area contributed by atoms with Crippen LogP contribution in [0.15, 0.2) is 112 Å². The van der Waals surface area contributed by atoms with Crippen molar-refractivity contribution in [3.63, 3.8) is 0 Å². The normalized spacial score (nSPS) is 11.7. The minimum Gasteiger partial charge on any atom is -0.338 e. The summed E-state index contributed by atoms with van der Waals surface area (Å²) in [4.78, 5) is 40.4. The molecular weight excluding hydrogens is 1310 g/mol. The molecule has 2 aliphatic carbocycles. The molecule has 2 saturated carbocycles. The van der Waals surface area contributed by atoms with Gasteiger partial charge in [0.25, 0.3) is 0 Å². The number of imidazole rings is 5. The van der Waals surface area contributed by atoms with Crippen LogP contribution in [0.3, 0.4) is 0 Å². The number of aryl methyl sites for hydroxylation is 17. The van der Waals surface area contributed by atoms with Crippen LogP contribution in [0.5, 0.6) is 0 Å². The summed E-state index contributed by atoms with van der Waals surface area (Å²) in [6.07, 6.45) is 22.7. The molecule has 2 aliphatic rings. The molecule has 22 heteroatoms. The van der Waals surface area contributed by atoms with Crippen molar-refractivity contribution in [1.29, 1.82) is 0 Å². The lowest BCUT2D eigenvalue weighted by Crippen LogP contribution is -2.17. The van der Waals surface area contributed by atoms with Crippen molar-refractivity contribution >= 4 is 0 Å². The van der Waals surface area contributed by atoms with E-state index >= 15 is 0 Å². The summed E-state index contributed by atoms with van der Waals surface area (Å²) in [5.74, 6) is 2.57. The number of benzene rings is 1. The lowest BCUT2D eigenvalue weighted by molar-refractivity contribution is -0.140. The summed E-state index contributed by atoms with van der Waals surface area (Å²) in [5, 5.41) is 8.46. The number of hydrogen-bond donors (Lipinski definition) is 0. The number of hydrogen-bond acceptors (Lipinski definition) is 12. The molecule has 11 aromatic rings. The van der Waals surface area contributed by atoms with Crippen LogP contribution in [0.25, 0.3) is 0 Å². The first-order valence-electron chi connectivity index (χ1n) is 36.2.